The molecule has 20 unspecified atom stereocenters. The number of hydrogen-bond donors (Lipinski definition) is 11. The predicted molar refractivity (Wildman–Crippen MR) is 256 cm³/mol. The maximum atomic E-state index is 14.9. The molecule has 3 heterocycles. The molecule has 1 spiro atoms. The lowest BCUT2D eigenvalue weighted by atomic mass is 9.31. The monoisotopic (exact) mass is 968 g/mol. The maximum Gasteiger partial charge on any atom is 0.310 e. The molecule has 5 saturated carbocycles. The molecule has 6 aliphatic carbocycles. The molecule has 1 aromatic rings. The smallest absolute Gasteiger partial charge is 0.310 e. The molecular weight excluding hydrogens is 883 g/mol. The molecule has 388 valence electrons. The van der Waals surface area contributed by atoms with Gasteiger partial charge in [-0.1, -0.05) is 59.1 Å². The Kier molecular flexibility index (Phi) is 13.7. The number of hydrogen-bond acceptors (Lipinski definition) is 13. The lowest BCUT2D eigenvalue weighted by molar-refractivity contribution is -0.340. The average Bonchev–Trinajstić information content (AvgIpc) is 4.11. The van der Waals surface area contributed by atoms with Gasteiger partial charge in [0.2, 0.25) is 5.91 Å². The van der Waals surface area contributed by atoms with Gasteiger partial charge in [0, 0.05) is 35.9 Å². The fourth-order valence-electron chi connectivity index (χ4n) is 17.9. The van der Waals surface area contributed by atoms with E-state index in [1.54, 1.807) is 6.33 Å². The first-order valence-electron chi connectivity index (χ1n) is 26.5. The van der Waals surface area contributed by atoms with Crippen LogP contribution in [0.2, 0.25) is 0 Å². The van der Waals surface area contributed by atoms with Gasteiger partial charge in [-0.3, -0.25) is 9.59 Å². The minimum Gasteiger partial charge on any atom is -0.481 e. The lowest BCUT2D eigenvalue weighted by Gasteiger charge is -2.73. The molecule has 2 aliphatic heterocycles. The molecule has 2 saturated heterocycles. The van der Waals surface area contributed by atoms with Gasteiger partial charge >= 0.3 is 5.97 Å². The topological polar surface area (TPSA) is 273 Å². The van der Waals surface area contributed by atoms with Crippen LogP contribution in [0.5, 0.6) is 0 Å². The molecule has 16 heteroatoms. The van der Waals surface area contributed by atoms with E-state index in [0.717, 1.165) is 37.8 Å². The number of imidazole rings is 1. The van der Waals surface area contributed by atoms with Crippen LogP contribution < -0.4 is 16.4 Å². The fraction of sp³-hybridized carbons (Fsp3) is 0.868. The third-order valence-corrected chi connectivity index (χ3v) is 22.2. The highest BCUT2D eigenvalue weighted by Crippen LogP contribution is 2.77. The summed E-state index contributed by atoms with van der Waals surface area (Å²) in [5, 5.41) is 86.7. The van der Waals surface area contributed by atoms with E-state index in [9.17, 15) is 45.3 Å². The van der Waals surface area contributed by atoms with Crippen LogP contribution in [0.3, 0.4) is 0 Å². The Hall–Kier alpha value is -2.51. The van der Waals surface area contributed by atoms with Crippen LogP contribution >= 0.6 is 0 Å². The number of carbonyl (C=O) groups is 2. The van der Waals surface area contributed by atoms with Gasteiger partial charge in [0.15, 0.2) is 6.29 Å². The van der Waals surface area contributed by atoms with E-state index in [2.05, 4.69) is 54.4 Å². The number of carbonyl (C=O) groups excluding carboxylic acids is 1. The largest absolute Gasteiger partial charge is 0.481 e. The normalized spacial score (nSPS) is 47.8. The second-order valence-corrected chi connectivity index (χ2v) is 25.1. The van der Waals surface area contributed by atoms with Crippen LogP contribution in [0.1, 0.15) is 136 Å². The van der Waals surface area contributed by atoms with Crippen molar-refractivity contribution in [1.29, 1.82) is 0 Å². The van der Waals surface area contributed by atoms with E-state index in [-0.39, 0.29) is 72.7 Å². The van der Waals surface area contributed by atoms with Crippen molar-refractivity contribution in [2.24, 2.45) is 79.1 Å². The van der Waals surface area contributed by atoms with Crippen LogP contribution in [0.15, 0.2) is 24.2 Å². The number of aliphatic carboxylic acids is 1. The van der Waals surface area contributed by atoms with E-state index in [1.165, 1.54) is 5.57 Å². The number of aromatic nitrogens is 2. The molecule has 7 fully saturated rings. The zero-order valence-electron chi connectivity index (χ0n) is 42.0. The zero-order chi connectivity index (χ0) is 49.7. The van der Waals surface area contributed by atoms with Gasteiger partial charge in [-0.05, 0) is 154 Å². The minimum atomic E-state index is -1.62. The second kappa shape index (κ2) is 18.5. The van der Waals surface area contributed by atoms with Crippen molar-refractivity contribution < 1.29 is 54.8 Å². The first-order chi connectivity index (χ1) is 32.7. The van der Waals surface area contributed by atoms with Gasteiger partial charge in [0.05, 0.1) is 42.6 Å². The van der Waals surface area contributed by atoms with Crippen molar-refractivity contribution in [3.63, 3.8) is 0 Å². The quantitative estimate of drug-likeness (QED) is 0.0940. The molecule has 8 aliphatic rings. The van der Waals surface area contributed by atoms with Crippen LogP contribution in [-0.4, -0.2) is 140 Å². The lowest BCUT2D eigenvalue weighted by Crippen LogP contribution is -2.72. The molecule has 20 atom stereocenters. The highest BCUT2D eigenvalue weighted by molar-refractivity contribution is 5.86. The predicted octanol–water partition coefficient (Wildman–Crippen LogP) is 3.60. The Bertz CT molecular complexity index is 2070. The van der Waals surface area contributed by atoms with Gasteiger partial charge in [-0.25, -0.2) is 4.98 Å². The van der Waals surface area contributed by atoms with Crippen LogP contribution in [0.25, 0.3) is 0 Å². The number of allylic oxidation sites excluding steroid dienone is 2. The van der Waals surface area contributed by atoms with Crippen LogP contribution in [0.4, 0.5) is 0 Å². The Balaban J connectivity index is 1.19. The number of aliphatic hydroxyl groups is 6. The highest BCUT2D eigenvalue weighted by atomic mass is 16.7. The summed E-state index contributed by atoms with van der Waals surface area (Å²) in [5.41, 5.74) is 4.02. The van der Waals surface area contributed by atoms with Crippen LogP contribution in [-0.2, 0) is 19.1 Å². The number of amides is 1. The fourth-order valence-corrected chi connectivity index (χ4v) is 17.9. The third kappa shape index (κ3) is 7.59. The Morgan fingerprint density at radius 3 is 2.32 bits per heavy atom. The molecule has 1 amide bonds. The van der Waals surface area contributed by atoms with Crippen molar-refractivity contribution in [1.82, 2.24) is 20.6 Å². The summed E-state index contributed by atoms with van der Waals surface area (Å²) in [7, 11) is 1.92. The minimum absolute atomic E-state index is 0.00152. The van der Waals surface area contributed by atoms with Gasteiger partial charge in [-0.15, -0.1) is 0 Å². The second-order valence-electron chi connectivity index (χ2n) is 25.1. The van der Waals surface area contributed by atoms with Gasteiger partial charge in [0.25, 0.3) is 0 Å². The number of aliphatic hydroxyl groups excluding tert-OH is 6. The van der Waals surface area contributed by atoms with Crippen molar-refractivity contribution in [2.75, 3.05) is 40.0 Å². The zero-order valence-corrected chi connectivity index (χ0v) is 42.0. The number of carboxylic acids is 1. The first-order valence-corrected chi connectivity index (χ1v) is 26.5. The van der Waals surface area contributed by atoms with E-state index in [1.807, 2.05) is 20.2 Å². The Labute approximate surface area is 408 Å². The first kappa shape index (κ1) is 51.4. The maximum absolute atomic E-state index is 14.9. The molecule has 0 bridgehead atoms. The standard InChI is InChI=1S/C53H85N5O11/c1-47(26-59)15-17-53(46(66)67)18-16-49(3)31(34(53)21-47)9-10-38-50(49,4)14-11-37-48(2,27-60)43(69-44-42(64)41(63)36(61)25-68-44)40(62)33(51(37,38)5)20-32-39(58-45(65)52(32)12-7-8-13-52)30(35-24-56-28-57-35)19-29(22-54)23-55-6/h9,24,28-30,32-34,36-44,55,59-64H,7-8,10-23,25-27,54H2,1-6H3,(H,56,57)(H,58,65)(H,66,67). The Morgan fingerprint density at radius 1 is 0.957 bits per heavy atom. The molecule has 1 aromatic heterocycles. The molecule has 0 radical (unpaired) electrons. The summed E-state index contributed by atoms with van der Waals surface area (Å²) in [6.07, 6.45) is 7.19. The molecule has 9 rings (SSSR count). The van der Waals surface area contributed by atoms with Gasteiger partial charge in [0.1, 0.15) is 18.3 Å². The number of aromatic amines is 1. The Morgan fingerprint density at radius 2 is 1.68 bits per heavy atom. The third-order valence-electron chi connectivity index (χ3n) is 22.2. The summed E-state index contributed by atoms with van der Waals surface area (Å²) in [4.78, 5) is 36.3. The summed E-state index contributed by atoms with van der Waals surface area (Å²) < 4.78 is 12.7. The molecular formula is C53H85N5O11. The molecule has 69 heavy (non-hydrogen) atoms. The summed E-state index contributed by atoms with van der Waals surface area (Å²) in [6, 6.07) is -0.332. The van der Waals surface area contributed by atoms with Gasteiger partial charge in [-0.2, -0.15) is 0 Å². The van der Waals surface area contributed by atoms with E-state index < -0.39 is 81.2 Å². The summed E-state index contributed by atoms with van der Waals surface area (Å²) in [5.74, 6) is -2.05. The average molecular weight is 968 g/mol. The highest BCUT2D eigenvalue weighted by Gasteiger charge is 2.74. The van der Waals surface area contributed by atoms with E-state index >= 15 is 0 Å². The molecule has 16 nitrogen and oxygen atoms in total. The number of fused-ring (bicyclic) bond motifs is 7. The number of H-pyrrole nitrogens is 1. The summed E-state index contributed by atoms with van der Waals surface area (Å²) >= 11 is 0. The van der Waals surface area contributed by atoms with Crippen molar-refractivity contribution in [2.45, 2.75) is 173 Å². The van der Waals surface area contributed by atoms with Crippen molar-refractivity contribution >= 4 is 11.9 Å². The number of carboxylic acid groups (broad SMARTS) is 1. The number of nitrogens with zero attached hydrogens (tertiary/aromatic N) is 1. The van der Waals surface area contributed by atoms with Crippen LogP contribution in [0, 0.1) is 73.4 Å². The number of ether oxygens (including phenoxy) is 2. The van der Waals surface area contributed by atoms with E-state index in [0.29, 0.717) is 70.9 Å². The van der Waals surface area contributed by atoms with Crippen molar-refractivity contribution in [3.8, 4) is 0 Å². The molecule has 0 aromatic carbocycles. The van der Waals surface area contributed by atoms with E-state index in [4.69, 9.17) is 15.2 Å². The molecule has 12 N–H and O–H groups in total. The number of nitrogens with two attached hydrogens (primary N) is 1. The summed E-state index contributed by atoms with van der Waals surface area (Å²) in [6.45, 7) is 11.7. The van der Waals surface area contributed by atoms with Gasteiger partial charge < -0.3 is 66.6 Å². The number of rotatable bonds is 14. The van der Waals surface area contributed by atoms with Crippen molar-refractivity contribution in [3.05, 3.63) is 29.9 Å². The number of nitrogens with one attached hydrogen (secondary N) is 3. The SMILES string of the molecule is CNCC(CN)CC(c1cnc[nH]1)C1NC(=O)C2(CCCC2)C1CC1C(O)C(OC2OCC(O)C(O)C2O)C(C)(CO)C2CCC3(C)C(CC=C4C5CC(C)(CO)CCC5(C(=O)O)CCC43C)C12C.